The maximum absolute atomic E-state index is 13.0. The van der Waals surface area contributed by atoms with E-state index in [1.807, 2.05) is 18.2 Å². The molecule has 2 aromatic rings. The van der Waals surface area contributed by atoms with Crippen molar-refractivity contribution in [2.75, 3.05) is 26.9 Å². The van der Waals surface area contributed by atoms with E-state index in [1.165, 1.54) is 0 Å². The Balaban J connectivity index is 1.51. The minimum Gasteiger partial charge on any atom is -0.491 e. The van der Waals surface area contributed by atoms with Gasteiger partial charge in [0.25, 0.3) is 11.8 Å². The van der Waals surface area contributed by atoms with E-state index in [-0.39, 0.29) is 23.8 Å². The molecule has 1 aliphatic carbocycles. The number of carbonyl (C=O) groups is 2. The van der Waals surface area contributed by atoms with Gasteiger partial charge in [0.15, 0.2) is 0 Å². The molecule has 5 rings (SSSR count). The Morgan fingerprint density at radius 2 is 1.76 bits per heavy atom. The second kappa shape index (κ2) is 6.88. The van der Waals surface area contributed by atoms with E-state index < -0.39 is 0 Å². The molecular formula is C23H24N2O4. The average molecular weight is 392 g/mol. The number of ether oxygens (including phenoxy) is 2. The van der Waals surface area contributed by atoms with Crippen molar-refractivity contribution in [2.45, 2.75) is 18.9 Å². The zero-order chi connectivity index (χ0) is 20.1. The lowest BCUT2D eigenvalue weighted by Gasteiger charge is -2.15. The number of carbonyl (C=O) groups excluding carboxylic acids is 2. The van der Waals surface area contributed by atoms with Gasteiger partial charge in [-0.1, -0.05) is 24.3 Å². The third-order valence-electron chi connectivity index (χ3n) is 6.44. The summed E-state index contributed by atoms with van der Waals surface area (Å²) in [5, 5.41) is 5.78. The smallest absolute Gasteiger partial charge is 0.254 e. The topological polar surface area (TPSA) is 76.7 Å². The fourth-order valence-corrected chi connectivity index (χ4v) is 4.69. The molecule has 6 nitrogen and oxygen atoms in total. The number of benzene rings is 2. The Kier molecular flexibility index (Phi) is 4.32. The molecule has 29 heavy (non-hydrogen) atoms. The molecule has 6 heteroatoms. The molecule has 1 saturated carbocycles. The summed E-state index contributed by atoms with van der Waals surface area (Å²) in [4.78, 5) is 25.5. The number of aryl methyl sites for hydroxylation is 1. The van der Waals surface area contributed by atoms with E-state index in [9.17, 15) is 9.59 Å². The van der Waals surface area contributed by atoms with Crippen LogP contribution in [-0.4, -0.2) is 44.7 Å². The first-order valence-electron chi connectivity index (χ1n) is 10.1. The van der Waals surface area contributed by atoms with Gasteiger partial charge in [-0.25, -0.2) is 0 Å². The van der Waals surface area contributed by atoms with Gasteiger partial charge in [-0.2, -0.15) is 0 Å². The van der Waals surface area contributed by atoms with Crippen LogP contribution in [0.2, 0.25) is 0 Å². The minimum atomic E-state index is -0.252. The lowest BCUT2D eigenvalue weighted by molar-refractivity contribution is 0.0929. The molecule has 0 bridgehead atoms. The number of hydrogen-bond donors (Lipinski definition) is 2. The monoisotopic (exact) mass is 392 g/mol. The van der Waals surface area contributed by atoms with E-state index >= 15 is 0 Å². The molecule has 2 fully saturated rings. The van der Waals surface area contributed by atoms with Gasteiger partial charge in [0.05, 0.1) is 25.4 Å². The second-order valence-corrected chi connectivity index (χ2v) is 8.11. The molecule has 0 spiro atoms. The molecule has 4 atom stereocenters. The van der Waals surface area contributed by atoms with Crippen molar-refractivity contribution in [1.82, 2.24) is 10.6 Å². The summed E-state index contributed by atoms with van der Waals surface area (Å²) in [6.45, 7) is 3.95. The Labute approximate surface area is 169 Å². The van der Waals surface area contributed by atoms with Crippen LogP contribution in [0, 0.1) is 18.8 Å². The molecule has 150 valence electrons. The molecule has 2 aromatic carbocycles. The van der Waals surface area contributed by atoms with Crippen molar-refractivity contribution in [3.8, 4) is 5.75 Å². The van der Waals surface area contributed by atoms with Gasteiger partial charge >= 0.3 is 0 Å². The van der Waals surface area contributed by atoms with Crippen molar-refractivity contribution in [2.24, 2.45) is 11.8 Å². The zero-order valence-corrected chi connectivity index (χ0v) is 16.5. The van der Waals surface area contributed by atoms with Gasteiger partial charge in [0, 0.05) is 42.0 Å². The number of rotatable bonds is 4. The van der Waals surface area contributed by atoms with Crippen LogP contribution in [0.15, 0.2) is 36.4 Å². The Bertz CT molecular complexity index is 992. The maximum Gasteiger partial charge on any atom is 0.254 e. The van der Waals surface area contributed by atoms with Crippen LogP contribution in [0.25, 0.3) is 0 Å². The largest absolute Gasteiger partial charge is 0.491 e. The highest BCUT2D eigenvalue weighted by Gasteiger charge is 2.54. The van der Waals surface area contributed by atoms with Crippen LogP contribution in [0.4, 0.5) is 0 Å². The van der Waals surface area contributed by atoms with Gasteiger partial charge in [0.1, 0.15) is 5.75 Å². The summed E-state index contributed by atoms with van der Waals surface area (Å²) < 4.78 is 11.4. The van der Waals surface area contributed by atoms with E-state index in [4.69, 9.17) is 9.47 Å². The molecule has 2 amide bonds. The van der Waals surface area contributed by atoms with Crippen molar-refractivity contribution < 1.29 is 19.1 Å². The average Bonchev–Trinajstić information content (AvgIpc) is 3.09. The Hall–Kier alpha value is -2.86. The summed E-state index contributed by atoms with van der Waals surface area (Å²) in [6, 6.07) is 11.9. The molecular weight excluding hydrogens is 368 g/mol. The first-order valence-corrected chi connectivity index (χ1v) is 10.1. The lowest BCUT2D eigenvalue weighted by atomic mass is 9.88. The van der Waals surface area contributed by atoms with E-state index in [2.05, 4.69) is 29.7 Å². The number of amides is 2. The zero-order valence-electron chi connectivity index (χ0n) is 16.5. The molecule has 0 radical (unpaired) electrons. The van der Waals surface area contributed by atoms with Crippen molar-refractivity contribution in [1.29, 1.82) is 0 Å². The predicted molar refractivity (Wildman–Crippen MR) is 107 cm³/mol. The fourth-order valence-electron chi connectivity index (χ4n) is 4.69. The number of nitrogens with one attached hydrogen (secondary N) is 2. The summed E-state index contributed by atoms with van der Waals surface area (Å²) in [7, 11) is 1.58. The van der Waals surface area contributed by atoms with Crippen molar-refractivity contribution in [3.63, 3.8) is 0 Å². The van der Waals surface area contributed by atoms with Gasteiger partial charge in [-0.3, -0.25) is 9.59 Å². The highest BCUT2D eigenvalue weighted by molar-refractivity contribution is 6.02. The van der Waals surface area contributed by atoms with Gasteiger partial charge in [0.2, 0.25) is 0 Å². The molecule has 3 aliphatic rings. The van der Waals surface area contributed by atoms with E-state index in [1.54, 1.807) is 13.1 Å². The molecule has 0 aromatic heterocycles. The summed E-state index contributed by atoms with van der Waals surface area (Å²) >= 11 is 0. The second-order valence-electron chi connectivity index (χ2n) is 8.11. The first kappa shape index (κ1) is 18.2. The third kappa shape index (κ3) is 2.99. The Morgan fingerprint density at radius 3 is 2.48 bits per heavy atom. The van der Waals surface area contributed by atoms with E-state index in [0.29, 0.717) is 48.5 Å². The van der Waals surface area contributed by atoms with Gasteiger partial charge in [-0.05, 0) is 30.2 Å². The van der Waals surface area contributed by atoms with E-state index in [0.717, 1.165) is 16.7 Å². The quantitative estimate of drug-likeness (QED) is 0.837. The predicted octanol–water partition coefficient (Wildman–Crippen LogP) is 2.25. The van der Waals surface area contributed by atoms with Crippen LogP contribution in [-0.2, 0) is 4.74 Å². The number of fused-ring (bicyclic) bond motifs is 2. The SMILES string of the molecule is CNC(=O)c1cc(C(=O)NC2[C@H]3COC[C@@H]23)cc2c1OCC2c1ccccc1C. The van der Waals surface area contributed by atoms with Gasteiger partial charge < -0.3 is 20.1 Å². The molecule has 2 N–H and O–H groups in total. The normalized spacial score (nSPS) is 26.3. The first-order chi connectivity index (χ1) is 14.1. The minimum absolute atomic E-state index is 0.00365. The fraction of sp³-hybridized carbons (Fsp3) is 0.391. The van der Waals surface area contributed by atoms with Crippen LogP contribution in [0.1, 0.15) is 43.3 Å². The molecule has 1 saturated heterocycles. The van der Waals surface area contributed by atoms with Crippen LogP contribution < -0.4 is 15.4 Å². The lowest BCUT2D eigenvalue weighted by Crippen LogP contribution is -2.30. The van der Waals surface area contributed by atoms with Crippen LogP contribution in [0.3, 0.4) is 0 Å². The van der Waals surface area contributed by atoms with Crippen LogP contribution in [0.5, 0.6) is 5.75 Å². The van der Waals surface area contributed by atoms with Crippen molar-refractivity contribution >= 4 is 11.8 Å². The summed E-state index contributed by atoms with van der Waals surface area (Å²) in [6.07, 6.45) is 0. The maximum atomic E-state index is 13.0. The Morgan fingerprint density at radius 1 is 1.00 bits per heavy atom. The highest BCUT2D eigenvalue weighted by atomic mass is 16.5. The summed E-state index contributed by atoms with van der Waals surface area (Å²) in [5.74, 6) is 1.03. The molecule has 2 heterocycles. The van der Waals surface area contributed by atoms with Crippen LogP contribution >= 0.6 is 0 Å². The standard InChI is InChI=1S/C23H24N2O4/c1-12-5-3-4-6-14(12)17-11-29-21-15(17)7-13(8-16(21)23(27)24-2)22(26)25-20-18-9-28-10-19(18)20/h3-8,17-20H,9-11H2,1-2H3,(H,24,27)(H,25,26)/t17?,18-,19+,20?. The van der Waals surface area contributed by atoms with Crippen molar-refractivity contribution in [3.05, 3.63) is 64.2 Å². The summed E-state index contributed by atoms with van der Waals surface area (Å²) in [5.41, 5.74) is 4.12. The van der Waals surface area contributed by atoms with Gasteiger partial charge in [-0.15, -0.1) is 0 Å². The highest BCUT2D eigenvalue weighted by Crippen LogP contribution is 2.45. The number of hydrogen-bond acceptors (Lipinski definition) is 4. The molecule has 2 aliphatic heterocycles. The third-order valence-corrected chi connectivity index (χ3v) is 6.44. The molecule has 2 unspecified atom stereocenters.